The molecule has 0 radical (unpaired) electrons. The third-order valence-electron chi connectivity index (χ3n) is 4.12. The standard InChI is InChI=1S/C14H18FN/c15-12-4-1-3-11(9-12)14(7-8-14)10-16-13-5-2-6-13/h1,3-4,9,13,16H,2,5-8,10H2. The first-order valence-electron chi connectivity index (χ1n) is 6.28. The van der Waals surface area contributed by atoms with Crippen LogP contribution < -0.4 is 5.32 Å². The molecule has 3 rings (SSSR count). The number of nitrogens with one attached hydrogen (secondary N) is 1. The van der Waals surface area contributed by atoms with Gasteiger partial charge in [-0.3, -0.25) is 0 Å². The fourth-order valence-corrected chi connectivity index (χ4v) is 2.49. The largest absolute Gasteiger partial charge is 0.313 e. The zero-order valence-electron chi connectivity index (χ0n) is 9.51. The Balaban J connectivity index is 1.67. The predicted octanol–water partition coefficient (Wildman–Crippen LogP) is 3.00. The summed E-state index contributed by atoms with van der Waals surface area (Å²) in [5, 5.41) is 3.62. The molecule has 0 aromatic heterocycles. The van der Waals surface area contributed by atoms with Crippen LogP contribution in [0.15, 0.2) is 24.3 Å². The molecule has 0 bridgehead atoms. The van der Waals surface area contributed by atoms with Gasteiger partial charge in [-0.15, -0.1) is 0 Å². The van der Waals surface area contributed by atoms with E-state index >= 15 is 0 Å². The fourth-order valence-electron chi connectivity index (χ4n) is 2.49. The maximum Gasteiger partial charge on any atom is 0.123 e. The first-order chi connectivity index (χ1) is 7.78. The summed E-state index contributed by atoms with van der Waals surface area (Å²) in [7, 11) is 0. The molecular formula is C14H18FN. The summed E-state index contributed by atoms with van der Waals surface area (Å²) >= 11 is 0. The summed E-state index contributed by atoms with van der Waals surface area (Å²) in [6, 6.07) is 7.85. The molecule has 0 spiro atoms. The van der Waals surface area contributed by atoms with Gasteiger partial charge in [-0.25, -0.2) is 4.39 Å². The minimum Gasteiger partial charge on any atom is -0.313 e. The van der Waals surface area contributed by atoms with E-state index in [1.807, 2.05) is 6.07 Å². The highest BCUT2D eigenvalue weighted by Gasteiger charge is 2.44. The second-order valence-corrected chi connectivity index (χ2v) is 5.30. The van der Waals surface area contributed by atoms with Crippen molar-refractivity contribution in [3.63, 3.8) is 0 Å². The van der Waals surface area contributed by atoms with Crippen LogP contribution in [-0.4, -0.2) is 12.6 Å². The molecule has 2 fully saturated rings. The first kappa shape index (κ1) is 10.3. The van der Waals surface area contributed by atoms with Crippen LogP contribution in [0.3, 0.4) is 0 Å². The normalized spacial score (nSPS) is 22.8. The van der Waals surface area contributed by atoms with Gasteiger partial charge in [-0.1, -0.05) is 18.6 Å². The summed E-state index contributed by atoms with van der Waals surface area (Å²) in [5.74, 6) is -0.104. The number of hydrogen-bond acceptors (Lipinski definition) is 1. The second kappa shape index (κ2) is 3.85. The molecule has 0 atom stereocenters. The Morgan fingerprint density at radius 2 is 2.12 bits per heavy atom. The summed E-state index contributed by atoms with van der Waals surface area (Å²) in [6.45, 7) is 1.03. The quantitative estimate of drug-likeness (QED) is 0.821. The van der Waals surface area contributed by atoms with E-state index in [0.717, 1.165) is 12.6 Å². The molecule has 1 N–H and O–H groups in total. The van der Waals surface area contributed by atoms with Crippen LogP contribution in [0.25, 0.3) is 0 Å². The molecule has 1 aromatic carbocycles. The van der Waals surface area contributed by atoms with Crippen molar-refractivity contribution in [3.8, 4) is 0 Å². The van der Waals surface area contributed by atoms with Crippen LogP contribution in [0.2, 0.25) is 0 Å². The lowest BCUT2D eigenvalue weighted by molar-refractivity contribution is 0.328. The lowest BCUT2D eigenvalue weighted by Gasteiger charge is -2.29. The van der Waals surface area contributed by atoms with E-state index in [2.05, 4.69) is 11.4 Å². The fraction of sp³-hybridized carbons (Fsp3) is 0.571. The average Bonchev–Trinajstić information content (AvgIpc) is 2.97. The predicted molar refractivity (Wildman–Crippen MR) is 63.0 cm³/mol. The third kappa shape index (κ3) is 1.86. The molecule has 1 aromatic rings. The van der Waals surface area contributed by atoms with E-state index in [0.29, 0.717) is 0 Å². The van der Waals surface area contributed by atoms with Crippen LogP contribution in [0.4, 0.5) is 4.39 Å². The lowest BCUT2D eigenvalue weighted by atomic mass is 9.90. The van der Waals surface area contributed by atoms with Gasteiger partial charge >= 0.3 is 0 Å². The van der Waals surface area contributed by atoms with Gasteiger partial charge in [0, 0.05) is 18.0 Å². The number of benzene rings is 1. The van der Waals surface area contributed by atoms with Gasteiger partial charge in [-0.05, 0) is 43.4 Å². The molecule has 1 nitrogen and oxygen atoms in total. The Kier molecular flexibility index (Phi) is 2.47. The Morgan fingerprint density at radius 3 is 2.69 bits per heavy atom. The van der Waals surface area contributed by atoms with Gasteiger partial charge in [0.2, 0.25) is 0 Å². The summed E-state index contributed by atoms with van der Waals surface area (Å²) in [6.07, 6.45) is 6.41. The zero-order chi connectivity index (χ0) is 11.0. The summed E-state index contributed by atoms with van der Waals surface area (Å²) in [4.78, 5) is 0. The molecule has 2 saturated carbocycles. The van der Waals surface area contributed by atoms with E-state index in [9.17, 15) is 4.39 Å². The van der Waals surface area contributed by atoms with E-state index < -0.39 is 0 Å². The van der Waals surface area contributed by atoms with Gasteiger partial charge in [0.1, 0.15) is 5.82 Å². The Bertz CT molecular complexity index is 380. The second-order valence-electron chi connectivity index (χ2n) is 5.30. The maximum atomic E-state index is 13.2. The number of hydrogen-bond donors (Lipinski definition) is 1. The molecule has 0 unspecified atom stereocenters. The van der Waals surface area contributed by atoms with Crippen LogP contribution in [-0.2, 0) is 5.41 Å². The highest BCUT2D eigenvalue weighted by atomic mass is 19.1. The molecule has 0 saturated heterocycles. The molecule has 2 aliphatic carbocycles. The maximum absolute atomic E-state index is 13.2. The topological polar surface area (TPSA) is 12.0 Å². The van der Waals surface area contributed by atoms with Crippen molar-refractivity contribution < 1.29 is 4.39 Å². The molecule has 16 heavy (non-hydrogen) atoms. The van der Waals surface area contributed by atoms with E-state index in [1.165, 1.54) is 43.7 Å². The smallest absolute Gasteiger partial charge is 0.123 e. The van der Waals surface area contributed by atoms with Crippen LogP contribution in [0.1, 0.15) is 37.7 Å². The van der Waals surface area contributed by atoms with E-state index in [4.69, 9.17) is 0 Å². The Labute approximate surface area is 96.1 Å². The van der Waals surface area contributed by atoms with Crippen LogP contribution in [0, 0.1) is 5.82 Å². The molecule has 0 amide bonds. The van der Waals surface area contributed by atoms with Crippen molar-refractivity contribution in [1.29, 1.82) is 0 Å². The van der Waals surface area contributed by atoms with Crippen molar-refractivity contribution in [1.82, 2.24) is 5.32 Å². The lowest BCUT2D eigenvalue weighted by Crippen LogP contribution is -2.39. The van der Waals surface area contributed by atoms with Gasteiger partial charge in [0.25, 0.3) is 0 Å². The van der Waals surface area contributed by atoms with E-state index in [1.54, 1.807) is 6.07 Å². The van der Waals surface area contributed by atoms with Crippen LogP contribution >= 0.6 is 0 Å². The number of rotatable bonds is 4. The van der Waals surface area contributed by atoms with Gasteiger partial charge in [-0.2, -0.15) is 0 Å². The Morgan fingerprint density at radius 1 is 1.31 bits per heavy atom. The van der Waals surface area contributed by atoms with Gasteiger partial charge in [0.15, 0.2) is 0 Å². The van der Waals surface area contributed by atoms with Gasteiger partial charge < -0.3 is 5.32 Å². The monoisotopic (exact) mass is 219 g/mol. The van der Waals surface area contributed by atoms with Crippen molar-refractivity contribution in [2.45, 2.75) is 43.6 Å². The summed E-state index contributed by atoms with van der Waals surface area (Å²) in [5.41, 5.74) is 1.43. The Hall–Kier alpha value is -0.890. The highest BCUT2D eigenvalue weighted by molar-refractivity contribution is 5.32. The molecule has 0 aliphatic heterocycles. The molecule has 2 aliphatic rings. The van der Waals surface area contributed by atoms with Crippen molar-refractivity contribution in [2.75, 3.05) is 6.54 Å². The molecule has 0 heterocycles. The molecule has 2 heteroatoms. The number of halogens is 1. The zero-order valence-corrected chi connectivity index (χ0v) is 9.51. The van der Waals surface area contributed by atoms with Crippen molar-refractivity contribution >= 4 is 0 Å². The minimum atomic E-state index is -0.104. The first-order valence-corrected chi connectivity index (χ1v) is 6.28. The summed E-state index contributed by atoms with van der Waals surface area (Å²) < 4.78 is 13.2. The molecule has 86 valence electrons. The SMILES string of the molecule is Fc1cccc(C2(CNC3CCC3)CC2)c1. The molecular weight excluding hydrogens is 201 g/mol. The van der Waals surface area contributed by atoms with Crippen LogP contribution in [0.5, 0.6) is 0 Å². The van der Waals surface area contributed by atoms with Crippen molar-refractivity contribution in [3.05, 3.63) is 35.6 Å². The van der Waals surface area contributed by atoms with Crippen molar-refractivity contribution in [2.24, 2.45) is 0 Å². The average molecular weight is 219 g/mol. The van der Waals surface area contributed by atoms with E-state index in [-0.39, 0.29) is 11.2 Å². The highest BCUT2D eigenvalue weighted by Crippen LogP contribution is 2.48. The third-order valence-corrected chi connectivity index (χ3v) is 4.12. The van der Waals surface area contributed by atoms with Gasteiger partial charge in [0.05, 0.1) is 0 Å². The minimum absolute atomic E-state index is 0.104.